The highest BCUT2D eigenvalue weighted by Gasteiger charge is 2.25. The molecule has 2 heterocycles. The summed E-state index contributed by atoms with van der Waals surface area (Å²) in [4.78, 5) is 7.87. The Labute approximate surface area is 139 Å². The second kappa shape index (κ2) is 7.46. The molecule has 1 N–H and O–H groups in total. The van der Waals surface area contributed by atoms with E-state index in [1.54, 1.807) is 11.8 Å². The quantitative estimate of drug-likeness (QED) is 0.846. The third-order valence-electron chi connectivity index (χ3n) is 3.70. The van der Waals surface area contributed by atoms with Gasteiger partial charge in [-0.2, -0.15) is 4.98 Å². The number of hydrogen-bond acceptors (Lipinski definition) is 6. The molecule has 0 amide bonds. The van der Waals surface area contributed by atoms with Gasteiger partial charge in [0.2, 0.25) is 5.89 Å². The average Bonchev–Trinajstić information content (AvgIpc) is 2.98. The molecule has 0 aliphatic carbocycles. The molecule has 1 saturated heterocycles. The third-order valence-corrected chi connectivity index (χ3v) is 5.22. The van der Waals surface area contributed by atoms with Crippen LogP contribution in [0, 0.1) is 0 Å². The number of thioether (sulfide) groups is 1. The summed E-state index contributed by atoms with van der Waals surface area (Å²) >= 11 is 7.85. The van der Waals surface area contributed by atoms with Crippen LogP contribution in [0.4, 0.5) is 0 Å². The van der Waals surface area contributed by atoms with Gasteiger partial charge in [-0.25, -0.2) is 0 Å². The number of aryl methyl sites for hydroxylation is 1. The largest absolute Gasteiger partial charge is 0.339 e. The zero-order valence-corrected chi connectivity index (χ0v) is 14.0. The van der Waals surface area contributed by atoms with E-state index in [2.05, 4.69) is 27.4 Å². The van der Waals surface area contributed by atoms with Crippen LogP contribution >= 0.6 is 23.4 Å². The van der Waals surface area contributed by atoms with E-state index in [1.165, 1.54) is 0 Å². The molecule has 1 aromatic carbocycles. The molecule has 0 saturated carbocycles. The molecule has 7 heteroatoms. The van der Waals surface area contributed by atoms with Gasteiger partial charge in [-0.1, -0.05) is 28.9 Å². The van der Waals surface area contributed by atoms with Crippen molar-refractivity contribution >= 4 is 23.4 Å². The predicted octanol–water partition coefficient (Wildman–Crippen LogP) is 2.63. The van der Waals surface area contributed by atoms with Crippen LogP contribution in [0.25, 0.3) is 0 Å². The number of benzene rings is 1. The lowest BCUT2D eigenvalue weighted by Gasteiger charge is -2.30. The van der Waals surface area contributed by atoms with Crippen LogP contribution in [0.5, 0.6) is 0 Å². The molecule has 3 rings (SSSR count). The van der Waals surface area contributed by atoms with Gasteiger partial charge in [0.25, 0.3) is 0 Å². The predicted molar refractivity (Wildman–Crippen MR) is 88.4 cm³/mol. The van der Waals surface area contributed by atoms with Crippen LogP contribution in [0.15, 0.2) is 33.7 Å². The number of nitrogens with one attached hydrogen (secondary N) is 1. The molecule has 1 aromatic heterocycles. The fraction of sp³-hybridized carbons (Fsp3) is 0.467. The molecule has 1 aliphatic rings. The molecule has 1 atom stereocenters. The van der Waals surface area contributed by atoms with Gasteiger partial charge in [-0.05, 0) is 19.2 Å². The van der Waals surface area contributed by atoms with Gasteiger partial charge in [0.05, 0.1) is 11.1 Å². The van der Waals surface area contributed by atoms with E-state index in [0.29, 0.717) is 5.89 Å². The normalized spacial score (nSPS) is 19.5. The Morgan fingerprint density at radius 2 is 2.32 bits per heavy atom. The Morgan fingerprint density at radius 3 is 3.14 bits per heavy atom. The minimum atomic E-state index is 0.197. The number of piperazine rings is 1. The zero-order chi connectivity index (χ0) is 15.4. The first-order valence-corrected chi connectivity index (χ1v) is 8.71. The first kappa shape index (κ1) is 15.8. The van der Waals surface area contributed by atoms with Crippen molar-refractivity contribution < 1.29 is 4.52 Å². The smallest absolute Gasteiger partial charge is 0.227 e. The molecule has 5 nitrogen and oxygen atoms in total. The molecule has 1 aliphatic heterocycles. The van der Waals surface area contributed by atoms with E-state index in [9.17, 15) is 0 Å². The molecular formula is C15H19ClN4OS. The molecular weight excluding hydrogens is 320 g/mol. The summed E-state index contributed by atoms with van der Waals surface area (Å²) in [5.74, 6) is 2.32. The van der Waals surface area contributed by atoms with E-state index in [-0.39, 0.29) is 6.04 Å². The van der Waals surface area contributed by atoms with Crippen molar-refractivity contribution in [2.45, 2.75) is 17.4 Å². The van der Waals surface area contributed by atoms with Crippen molar-refractivity contribution in [2.24, 2.45) is 0 Å². The molecule has 0 radical (unpaired) electrons. The topological polar surface area (TPSA) is 54.2 Å². The number of aromatic nitrogens is 2. The van der Waals surface area contributed by atoms with Gasteiger partial charge in [0.1, 0.15) is 0 Å². The highest BCUT2D eigenvalue weighted by Crippen LogP contribution is 2.27. The Balaban J connectivity index is 1.55. The van der Waals surface area contributed by atoms with Crippen molar-refractivity contribution in [1.82, 2.24) is 20.4 Å². The lowest BCUT2D eigenvalue weighted by atomic mass is 10.2. The maximum atomic E-state index is 6.14. The van der Waals surface area contributed by atoms with E-state index < -0.39 is 0 Å². The first-order chi connectivity index (χ1) is 10.7. The Hall–Kier alpha value is -1.08. The fourth-order valence-electron chi connectivity index (χ4n) is 2.41. The fourth-order valence-corrected chi connectivity index (χ4v) is 3.59. The lowest BCUT2D eigenvalue weighted by molar-refractivity contribution is 0.190. The van der Waals surface area contributed by atoms with Gasteiger partial charge >= 0.3 is 0 Å². The summed E-state index contributed by atoms with van der Waals surface area (Å²) in [5.41, 5.74) is 0. The molecule has 0 spiro atoms. The molecule has 1 fully saturated rings. The Morgan fingerprint density at radius 1 is 1.45 bits per heavy atom. The first-order valence-electron chi connectivity index (χ1n) is 7.35. The third kappa shape index (κ3) is 3.81. The second-order valence-electron chi connectivity index (χ2n) is 5.28. The standard InChI is InChI=1S/C15H19ClN4OS/c1-20-8-7-17-10-12(20)15-18-14(21-19-15)6-9-22-13-5-3-2-4-11(13)16/h2-5,12,17H,6-10H2,1H3. The Bertz CT molecular complexity index is 621. The van der Waals surface area contributed by atoms with E-state index >= 15 is 0 Å². The Kier molecular flexibility index (Phi) is 5.36. The monoisotopic (exact) mass is 338 g/mol. The minimum Gasteiger partial charge on any atom is -0.339 e. The molecule has 2 aromatic rings. The number of nitrogens with zero attached hydrogens (tertiary/aromatic N) is 3. The average molecular weight is 339 g/mol. The van der Waals surface area contributed by atoms with Gasteiger partial charge < -0.3 is 9.84 Å². The summed E-state index contributed by atoms with van der Waals surface area (Å²) in [6.07, 6.45) is 0.743. The minimum absolute atomic E-state index is 0.197. The van der Waals surface area contributed by atoms with Crippen molar-refractivity contribution in [2.75, 3.05) is 32.4 Å². The van der Waals surface area contributed by atoms with Crippen molar-refractivity contribution in [3.8, 4) is 0 Å². The molecule has 1 unspecified atom stereocenters. The van der Waals surface area contributed by atoms with Crippen LogP contribution in [0.3, 0.4) is 0 Å². The molecule has 118 valence electrons. The summed E-state index contributed by atoms with van der Waals surface area (Å²) in [5, 5.41) is 8.28. The number of likely N-dealkylation sites (N-methyl/N-ethyl adjacent to an activating group) is 1. The van der Waals surface area contributed by atoms with Crippen LogP contribution < -0.4 is 5.32 Å². The number of halogens is 1. The SMILES string of the molecule is CN1CCNCC1c1noc(CCSc2ccccc2Cl)n1. The van der Waals surface area contributed by atoms with Gasteiger partial charge in [0.15, 0.2) is 5.82 Å². The maximum Gasteiger partial charge on any atom is 0.227 e. The highest BCUT2D eigenvalue weighted by atomic mass is 35.5. The molecule has 0 bridgehead atoms. The van der Waals surface area contributed by atoms with Crippen LogP contribution in [-0.4, -0.2) is 47.5 Å². The summed E-state index contributed by atoms with van der Waals surface area (Å²) in [6.45, 7) is 2.87. The van der Waals surface area contributed by atoms with Crippen molar-refractivity contribution in [3.05, 3.63) is 41.0 Å². The maximum absolute atomic E-state index is 6.14. The highest BCUT2D eigenvalue weighted by molar-refractivity contribution is 7.99. The van der Waals surface area contributed by atoms with Gasteiger partial charge in [-0.3, -0.25) is 4.90 Å². The lowest BCUT2D eigenvalue weighted by Crippen LogP contribution is -2.44. The van der Waals surface area contributed by atoms with E-state index in [1.807, 2.05) is 24.3 Å². The van der Waals surface area contributed by atoms with E-state index in [4.69, 9.17) is 16.1 Å². The number of rotatable bonds is 5. The number of hydrogen-bond donors (Lipinski definition) is 1. The van der Waals surface area contributed by atoms with Gasteiger partial charge in [-0.15, -0.1) is 11.8 Å². The van der Waals surface area contributed by atoms with Crippen LogP contribution in [0.1, 0.15) is 17.8 Å². The summed E-state index contributed by atoms with van der Waals surface area (Å²) in [6, 6.07) is 8.05. The van der Waals surface area contributed by atoms with E-state index in [0.717, 1.165) is 47.6 Å². The molecule has 22 heavy (non-hydrogen) atoms. The zero-order valence-electron chi connectivity index (χ0n) is 12.5. The van der Waals surface area contributed by atoms with Crippen LogP contribution in [0.2, 0.25) is 5.02 Å². The summed E-state index contributed by atoms with van der Waals surface area (Å²) in [7, 11) is 2.09. The summed E-state index contributed by atoms with van der Waals surface area (Å²) < 4.78 is 5.37. The van der Waals surface area contributed by atoms with Gasteiger partial charge in [0, 0.05) is 36.7 Å². The van der Waals surface area contributed by atoms with Crippen LogP contribution in [-0.2, 0) is 6.42 Å². The van der Waals surface area contributed by atoms with Crippen molar-refractivity contribution in [1.29, 1.82) is 0 Å². The van der Waals surface area contributed by atoms with Crippen molar-refractivity contribution in [3.63, 3.8) is 0 Å². The second-order valence-corrected chi connectivity index (χ2v) is 6.82.